The van der Waals surface area contributed by atoms with Gasteiger partial charge in [0.1, 0.15) is 30.1 Å². The van der Waals surface area contributed by atoms with E-state index >= 15 is 0 Å². The van der Waals surface area contributed by atoms with Gasteiger partial charge in [-0.1, -0.05) is 30.3 Å². The fourth-order valence-corrected chi connectivity index (χ4v) is 2.91. The van der Waals surface area contributed by atoms with E-state index in [0.717, 1.165) is 5.56 Å². The lowest BCUT2D eigenvalue weighted by molar-refractivity contribution is -0.140. The average molecular weight is 412 g/mol. The monoisotopic (exact) mass is 412 g/mol. The van der Waals surface area contributed by atoms with Gasteiger partial charge < -0.3 is 19.7 Å². The van der Waals surface area contributed by atoms with Gasteiger partial charge in [0.25, 0.3) is 0 Å². The van der Waals surface area contributed by atoms with Crippen LogP contribution in [0.4, 0.5) is 0 Å². The van der Waals surface area contributed by atoms with Crippen LogP contribution in [0.1, 0.15) is 43.6 Å². The lowest BCUT2D eigenvalue weighted by Crippen LogP contribution is -2.31. The van der Waals surface area contributed by atoms with Gasteiger partial charge in [-0.2, -0.15) is 0 Å². The second-order valence-corrected chi connectivity index (χ2v) is 6.75. The average Bonchev–Trinajstić information content (AvgIpc) is 3.43. The largest absolute Gasteiger partial charge is 0.487 e. The molecule has 0 aliphatic rings. The molecule has 0 saturated carbocycles. The molecule has 2 unspecified atom stereocenters. The van der Waals surface area contributed by atoms with Gasteiger partial charge in [-0.15, -0.1) is 5.10 Å². The van der Waals surface area contributed by atoms with Crippen LogP contribution >= 0.6 is 0 Å². The Hall–Kier alpha value is -3.69. The minimum Gasteiger partial charge on any atom is -0.487 e. The van der Waals surface area contributed by atoms with Crippen LogP contribution in [-0.2, 0) is 22.7 Å². The Balaban J connectivity index is 1.61. The van der Waals surface area contributed by atoms with Gasteiger partial charge in [0.05, 0.1) is 12.5 Å². The van der Waals surface area contributed by atoms with E-state index in [2.05, 4.69) is 20.6 Å². The van der Waals surface area contributed by atoms with Crippen molar-refractivity contribution in [1.29, 1.82) is 0 Å². The van der Waals surface area contributed by atoms with E-state index in [-0.39, 0.29) is 18.6 Å². The summed E-state index contributed by atoms with van der Waals surface area (Å²) in [6.07, 6.45) is 7.23. The number of para-hydroxylation sites is 1. The number of rotatable bonds is 10. The number of imidazole rings is 1. The zero-order valence-corrected chi connectivity index (χ0v) is 16.8. The predicted octanol–water partition coefficient (Wildman–Crippen LogP) is 1.97. The van der Waals surface area contributed by atoms with Gasteiger partial charge in [-0.3, -0.25) is 4.79 Å². The number of nitrogens with zero attached hydrogens (tertiary/aromatic N) is 5. The Bertz CT molecular complexity index is 985. The van der Waals surface area contributed by atoms with Crippen molar-refractivity contribution in [2.45, 2.75) is 45.5 Å². The van der Waals surface area contributed by atoms with Gasteiger partial charge in [-0.05, 0) is 19.4 Å². The van der Waals surface area contributed by atoms with Gasteiger partial charge >= 0.3 is 5.97 Å². The lowest BCUT2D eigenvalue weighted by Gasteiger charge is -2.17. The van der Waals surface area contributed by atoms with Crippen LogP contribution in [0.2, 0.25) is 0 Å². The van der Waals surface area contributed by atoms with Crippen LogP contribution in [0.15, 0.2) is 49.2 Å². The number of carboxylic acids is 1. The summed E-state index contributed by atoms with van der Waals surface area (Å²) in [5.41, 5.74) is 1.32. The van der Waals surface area contributed by atoms with Crippen LogP contribution in [0.3, 0.4) is 0 Å². The molecule has 0 bridgehead atoms. The molecule has 0 spiro atoms. The number of carbonyl (C=O) groups excluding carboxylic acids is 1. The van der Waals surface area contributed by atoms with E-state index in [1.165, 1.54) is 11.6 Å². The third kappa shape index (κ3) is 5.02. The van der Waals surface area contributed by atoms with Gasteiger partial charge in [0, 0.05) is 24.5 Å². The van der Waals surface area contributed by atoms with Crippen molar-refractivity contribution in [3.05, 3.63) is 60.4 Å². The van der Waals surface area contributed by atoms with E-state index < -0.39 is 12.0 Å². The molecule has 158 valence electrons. The van der Waals surface area contributed by atoms with Crippen LogP contribution in [0, 0.1) is 0 Å². The van der Waals surface area contributed by atoms with Crippen LogP contribution in [-0.4, -0.2) is 41.5 Å². The number of hydrogen-bond donors (Lipinski definition) is 2. The van der Waals surface area contributed by atoms with E-state index in [9.17, 15) is 9.59 Å². The maximum absolute atomic E-state index is 12.6. The highest BCUT2D eigenvalue weighted by Gasteiger charge is 2.18. The Labute approximate surface area is 173 Å². The minimum absolute atomic E-state index is 0.101. The first-order valence-corrected chi connectivity index (χ1v) is 9.59. The molecule has 2 heterocycles. The Morgan fingerprint density at radius 2 is 2.10 bits per heavy atom. The van der Waals surface area contributed by atoms with Crippen molar-refractivity contribution in [1.82, 2.24) is 29.9 Å². The standard InChI is InChI=1S/C20H24N6O4/c1-3-17(25-9-8-21-13-25)19(27)22-10-15-6-4-5-7-18(15)30-12-16-11-26(24-23-16)14(2)20(28)29/h4-9,11,13-14,17H,3,10,12H2,1-2H3,(H,22,27)(H,28,29). The van der Waals surface area contributed by atoms with Crippen LogP contribution < -0.4 is 10.1 Å². The number of carboxylic acid groups (broad SMARTS) is 1. The molecule has 2 aromatic heterocycles. The van der Waals surface area contributed by atoms with Crippen LogP contribution in [0.25, 0.3) is 0 Å². The van der Waals surface area contributed by atoms with E-state index in [0.29, 0.717) is 24.4 Å². The molecule has 0 saturated heterocycles. The summed E-state index contributed by atoms with van der Waals surface area (Å²) in [7, 11) is 0. The maximum atomic E-state index is 12.6. The van der Waals surface area contributed by atoms with Crippen molar-refractivity contribution in [2.75, 3.05) is 0 Å². The second-order valence-electron chi connectivity index (χ2n) is 6.75. The highest BCUT2D eigenvalue weighted by atomic mass is 16.5. The number of benzene rings is 1. The fraction of sp³-hybridized carbons (Fsp3) is 0.350. The highest BCUT2D eigenvalue weighted by Crippen LogP contribution is 2.20. The Morgan fingerprint density at radius 3 is 2.80 bits per heavy atom. The topological polar surface area (TPSA) is 124 Å². The molecule has 0 fully saturated rings. The number of carbonyl (C=O) groups is 2. The number of hydrogen-bond acceptors (Lipinski definition) is 6. The zero-order chi connectivity index (χ0) is 21.5. The molecule has 2 N–H and O–H groups in total. The third-order valence-electron chi connectivity index (χ3n) is 4.69. The smallest absolute Gasteiger partial charge is 0.328 e. The quantitative estimate of drug-likeness (QED) is 0.522. The normalized spacial score (nSPS) is 12.9. The molecule has 30 heavy (non-hydrogen) atoms. The minimum atomic E-state index is -0.991. The number of aromatic nitrogens is 5. The summed E-state index contributed by atoms with van der Waals surface area (Å²) < 4.78 is 8.89. The molecule has 0 aliphatic carbocycles. The number of ether oxygens (including phenoxy) is 1. The van der Waals surface area contributed by atoms with Crippen molar-refractivity contribution in [3.63, 3.8) is 0 Å². The SMILES string of the molecule is CCC(C(=O)NCc1ccccc1OCc1cn(C(C)C(=O)O)nn1)n1ccnc1. The summed E-state index contributed by atoms with van der Waals surface area (Å²) in [5, 5.41) is 19.8. The first-order chi connectivity index (χ1) is 14.5. The first kappa shape index (κ1) is 21.0. The van der Waals surface area contributed by atoms with E-state index in [4.69, 9.17) is 9.84 Å². The molecule has 0 aliphatic heterocycles. The molecule has 1 amide bonds. The van der Waals surface area contributed by atoms with Crippen molar-refractivity contribution in [2.24, 2.45) is 0 Å². The Kier molecular flexibility index (Phi) is 6.79. The fourth-order valence-electron chi connectivity index (χ4n) is 2.91. The molecule has 3 rings (SSSR count). The molecule has 1 aromatic carbocycles. The first-order valence-electron chi connectivity index (χ1n) is 9.59. The molecule has 2 atom stereocenters. The summed E-state index contributed by atoms with van der Waals surface area (Å²) >= 11 is 0. The van der Waals surface area contributed by atoms with Crippen molar-refractivity contribution < 1.29 is 19.4 Å². The van der Waals surface area contributed by atoms with Crippen LogP contribution in [0.5, 0.6) is 5.75 Å². The van der Waals surface area contributed by atoms with Crippen molar-refractivity contribution in [3.8, 4) is 5.75 Å². The third-order valence-corrected chi connectivity index (χ3v) is 4.69. The molecular weight excluding hydrogens is 388 g/mol. The molecule has 0 radical (unpaired) electrons. The van der Waals surface area contributed by atoms with Crippen molar-refractivity contribution >= 4 is 11.9 Å². The summed E-state index contributed by atoms with van der Waals surface area (Å²) in [4.78, 5) is 27.6. The Morgan fingerprint density at radius 1 is 1.30 bits per heavy atom. The molecular formula is C20H24N6O4. The molecule has 10 heteroatoms. The van der Waals surface area contributed by atoms with Gasteiger partial charge in [0.15, 0.2) is 0 Å². The van der Waals surface area contributed by atoms with Gasteiger partial charge in [0.2, 0.25) is 5.91 Å². The zero-order valence-electron chi connectivity index (χ0n) is 16.8. The van der Waals surface area contributed by atoms with E-state index in [1.807, 2.05) is 25.1 Å². The predicted molar refractivity (Wildman–Crippen MR) is 107 cm³/mol. The lowest BCUT2D eigenvalue weighted by atomic mass is 10.1. The maximum Gasteiger partial charge on any atom is 0.328 e. The number of nitrogens with one attached hydrogen (secondary N) is 1. The number of aliphatic carboxylic acids is 1. The molecule has 10 nitrogen and oxygen atoms in total. The summed E-state index contributed by atoms with van der Waals surface area (Å²) in [6, 6.07) is 6.25. The summed E-state index contributed by atoms with van der Waals surface area (Å²) in [5.74, 6) is -0.486. The van der Waals surface area contributed by atoms with Gasteiger partial charge in [-0.25, -0.2) is 14.5 Å². The summed E-state index contributed by atoms with van der Waals surface area (Å²) in [6.45, 7) is 3.90. The van der Waals surface area contributed by atoms with E-state index in [1.54, 1.807) is 35.6 Å². The highest BCUT2D eigenvalue weighted by molar-refractivity contribution is 5.80. The number of amides is 1. The molecule has 3 aromatic rings. The second kappa shape index (κ2) is 9.68.